The first-order valence-electron chi connectivity index (χ1n) is 8.29. The second-order valence-electron chi connectivity index (χ2n) is 6.92. The summed E-state index contributed by atoms with van der Waals surface area (Å²) in [5.41, 5.74) is -0.225. The molecule has 2 aromatic carbocycles. The van der Waals surface area contributed by atoms with Crippen LogP contribution in [0.3, 0.4) is 0 Å². The fourth-order valence-electron chi connectivity index (χ4n) is 2.94. The molecule has 0 unspecified atom stereocenters. The maximum atomic E-state index is 12.8. The molecule has 0 atom stereocenters. The number of fused-ring (bicyclic) bond motifs is 1. The number of ketones is 1. The molecule has 0 spiro atoms. The highest BCUT2D eigenvalue weighted by Gasteiger charge is 2.33. The number of alkyl halides is 3. The molecule has 1 aliphatic carbocycles. The normalized spacial score (nSPS) is 14.2. The Morgan fingerprint density at radius 3 is 2.22 bits per heavy atom. The van der Waals surface area contributed by atoms with Crippen molar-refractivity contribution in [1.29, 1.82) is 0 Å². The van der Waals surface area contributed by atoms with Crippen LogP contribution in [0.15, 0.2) is 36.4 Å². The van der Waals surface area contributed by atoms with E-state index >= 15 is 0 Å². The summed E-state index contributed by atoms with van der Waals surface area (Å²) in [5.74, 6) is -1.12. The number of Topliss-reactive ketones (excluding diaryl/α,β-unsaturated/α-hetero) is 1. The Balaban J connectivity index is 2.11. The molecule has 0 amide bonds. The van der Waals surface area contributed by atoms with Gasteiger partial charge in [-0.2, -0.15) is 13.2 Å². The molecule has 142 valence electrons. The number of aryl methyl sites for hydroxylation is 1. The zero-order valence-electron chi connectivity index (χ0n) is 14.7. The van der Waals surface area contributed by atoms with Crippen molar-refractivity contribution in [3.05, 3.63) is 53.1 Å². The number of benzene rings is 2. The van der Waals surface area contributed by atoms with Crippen molar-refractivity contribution in [2.45, 2.75) is 38.5 Å². The van der Waals surface area contributed by atoms with Gasteiger partial charge in [-0.1, -0.05) is 12.1 Å². The van der Waals surface area contributed by atoms with E-state index in [2.05, 4.69) is 0 Å². The number of aliphatic carboxylic acids is 1. The Hall–Kier alpha value is -2.83. The summed E-state index contributed by atoms with van der Waals surface area (Å²) in [5, 5.41) is 9.32. The quantitative estimate of drug-likeness (QED) is 0.834. The maximum Gasteiger partial charge on any atom is 0.416 e. The molecule has 2 aromatic rings. The van der Waals surface area contributed by atoms with E-state index < -0.39 is 23.3 Å². The second-order valence-corrected chi connectivity index (χ2v) is 6.92. The van der Waals surface area contributed by atoms with Crippen molar-refractivity contribution in [2.24, 2.45) is 0 Å². The molecule has 0 saturated carbocycles. The van der Waals surface area contributed by atoms with E-state index in [9.17, 15) is 27.9 Å². The topological polar surface area (TPSA) is 63.6 Å². The number of carboxylic acids is 1. The monoisotopic (exact) mass is 378 g/mol. The van der Waals surface area contributed by atoms with Gasteiger partial charge in [0.05, 0.1) is 5.56 Å². The van der Waals surface area contributed by atoms with Gasteiger partial charge in [0.1, 0.15) is 5.75 Å². The van der Waals surface area contributed by atoms with Crippen LogP contribution in [0, 0.1) is 0 Å². The lowest BCUT2D eigenvalue weighted by atomic mass is 9.97. The van der Waals surface area contributed by atoms with Crippen molar-refractivity contribution in [2.75, 3.05) is 0 Å². The summed E-state index contributed by atoms with van der Waals surface area (Å²) in [4.78, 5) is 23.4. The first-order valence-corrected chi connectivity index (χ1v) is 8.29. The lowest BCUT2D eigenvalue weighted by Gasteiger charge is -2.24. The molecule has 0 heterocycles. The Kier molecular flexibility index (Phi) is 4.49. The zero-order valence-corrected chi connectivity index (χ0v) is 14.7. The number of rotatable bonds is 4. The van der Waals surface area contributed by atoms with Crippen LogP contribution in [-0.2, 0) is 17.4 Å². The third-order valence-corrected chi connectivity index (χ3v) is 4.53. The van der Waals surface area contributed by atoms with E-state index in [1.807, 2.05) is 0 Å². The summed E-state index contributed by atoms with van der Waals surface area (Å²) < 4.78 is 44.1. The number of carbonyl (C=O) groups is 2. The predicted octanol–water partition coefficient (Wildman–Crippen LogP) is 4.74. The number of carboxylic acid groups (broad SMARTS) is 1. The fraction of sp³-hybridized carbons (Fsp3) is 0.300. The number of hydrogen-bond donors (Lipinski definition) is 1. The van der Waals surface area contributed by atoms with Crippen LogP contribution in [0.25, 0.3) is 11.1 Å². The lowest BCUT2D eigenvalue weighted by Crippen LogP contribution is -2.38. The molecule has 3 rings (SSSR count). The summed E-state index contributed by atoms with van der Waals surface area (Å²) in [7, 11) is 0. The largest absolute Gasteiger partial charge is 0.478 e. The van der Waals surface area contributed by atoms with Gasteiger partial charge in [-0.05, 0) is 55.7 Å². The van der Waals surface area contributed by atoms with Crippen LogP contribution < -0.4 is 4.74 Å². The van der Waals surface area contributed by atoms with Gasteiger partial charge < -0.3 is 9.84 Å². The highest BCUT2D eigenvalue weighted by Crippen LogP contribution is 2.39. The van der Waals surface area contributed by atoms with Gasteiger partial charge in [0.15, 0.2) is 11.4 Å². The van der Waals surface area contributed by atoms with Gasteiger partial charge in [0.2, 0.25) is 0 Å². The van der Waals surface area contributed by atoms with Crippen molar-refractivity contribution >= 4 is 11.8 Å². The highest BCUT2D eigenvalue weighted by atomic mass is 19.4. The summed E-state index contributed by atoms with van der Waals surface area (Å²) in [6, 6.07) is 7.71. The van der Waals surface area contributed by atoms with Crippen LogP contribution in [-0.4, -0.2) is 22.5 Å². The highest BCUT2D eigenvalue weighted by molar-refractivity contribution is 6.01. The molecule has 1 N–H and O–H groups in total. The van der Waals surface area contributed by atoms with Crippen LogP contribution in [0.2, 0.25) is 0 Å². The molecule has 0 saturated heterocycles. The number of halogens is 3. The molecule has 27 heavy (non-hydrogen) atoms. The first kappa shape index (κ1) is 18.9. The van der Waals surface area contributed by atoms with Crippen molar-refractivity contribution in [1.82, 2.24) is 0 Å². The van der Waals surface area contributed by atoms with Crippen LogP contribution in [0.1, 0.15) is 41.8 Å². The second kappa shape index (κ2) is 6.40. The lowest BCUT2D eigenvalue weighted by molar-refractivity contribution is -0.152. The maximum absolute atomic E-state index is 12.8. The first-order chi connectivity index (χ1) is 12.5. The molecule has 1 aliphatic rings. The van der Waals surface area contributed by atoms with Gasteiger partial charge in [-0.3, -0.25) is 4.79 Å². The molecule has 0 aromatic heterocycles. The van der Waals surface area contributed by atoms with Gasteiger partial charge in [0, 0.05) is 17.5 Å². The van der Waals surface area contributed by atoms with E-state index in [-0.39, 0.29) is 11.5 Å². The van der Waals surface area contributed by atoms with E-state index in [1.54, 1.807) is 6.07 Å². The molecule has 0 fully saturated rings. The van der Waals surface area contributed by atoms with E-state index in [0.29, 0.717) is 29.5 Å². The Morgan fingerprint density at radius 1 is 1.04 bits per heavy atom. The molecule has 7 heteroatoms. The number of ether oxygens (including phenoxy) is 1. The van der Waals surface area contributed by atoms with Crippen molar-refractivity contribution < 1.29 is 32.6 Å². The smallest absolute Gasteiger partial charge is 0.416 e. The Labute approximate surface area is 153 Å². The summed E-state index contributed by atoms with van der Waals surface area (Å²) >= 11 is 0. The van der Waals surface area contributed by atoms with Crippen molar-refractivity contribution in [3.63, 3.8) is 0 Å². The van der Waals surface area contributed by atoms with E-state index in [1.165, 1.54) is 32.0 Å². The average molecular weight is 378 g/mol. The van der Waals surface area contributed by atoms with Crippen molar-refractivity contribution in [3.8, 4) is 16.9 Å². The Morgan fingerprint density at radius 2 is 1.67 bits per heavy atom. The number of carbonyl (C=O) groups excluding carboxylic acids is 1. The van der Waals surface area contributed by atoms with Crippen LogP contribution in [0.5, 0.6) is 5.75 Å². The third-order valence-electron chi connectivity index (χ3n) is 4.53. The van der Waals surface area contributed by atoms with Gasteiger partial charge >= 0.3 is 12.1 Å². The zero-order chi connectivity index (χ0) is 20.0. The minimum Gasteiger partial charge on any atom is -0.478 e. The molecule has 0 radical (unpaired) electrons. The summed E-state index contributed by atoms with van der Waals surface area (Å²) in [6.07, 6.45) is -3.58. The fourth-order valence-corrected chi connectivity index (χ4v) is 2.94. The predicted molar refractivity (Wildman–Crippen MR) is 91.9 cm³/mol. The van der Waals surface area contributed by atoms with E-state index in [4.69, 9.17) is 4.74 Å². The standard InChI is InChI=1S/C20H17F3O4/c1-19(2,18(25)26)27-17-10-14-12(5-8-16(14)24)9-15(17)11-3-6-13(7-4-11)20(21,22)23/h3-4,6-7,9-10H,5,8H2,1-2H3,(H,25,26). The van der Waals surface area contributed by atoms with Crippen LogP contribution >= 0.6 is 0 Å². The summed E-state index contributed by atoms with van der Waals surface area (Å²) in [6.45, 7) is 2.72. The Bertz CT molecular complexity index is 912. The van der Waals surface area contributed by atoms with Gasteiger partial charge in [0.25, 0.3) is 0 Å². The average Bonchev–Trinajstić information content (AvgIpc) is 2.93. The molecular formula is C20H17F3O4. The SMILES string of the molecule is CC(C)(Oc1cc2c(cc1-c1ccc(C(F)(F)F)cc1)CCC2=O)C(=O)O. The van der Waals surface area contributed by atoms with Crippen LogP contribution in [0.4, 0.5) is 13.2 Å². The molecule has 0 aliphatic heterocycles. The molecule has 4 nitrogen and oxygen atoms in total. The third kappa shape index (κ3) is 3.67. The minimum atomic E-state index is -4.45. The minimum absolute atomic E-state index is 0.0676. The van der Waals surface area contributed by atoms with Gasteiger partial charge in [-0.15, -0.1) is 0 Å². The molecular weight excluding hydrogens is 361 g/mol. The van der Waals surface area contributed by atoms with Gasteiger partial charge in [-0.25, -0.2) is 4.79 Å². The molecule has 0 bridgehead atoms. The number of hydrogen-bond acceptors (Lipinski definition) is 3. The van der Waals surface area contributed by atoms with E-state index in [0.717, 1.165) is 17.7 Å².